The predicted molar refractivity (Wildman–Crippen MR) is 140 cm³/mol. The van der Waals surface area contributed by atoms with E-state index in [9.17, 15) is 20.0 Å². The van der Waals surface area contributed by atoms with Crippen LogP contribution >= 0.6 is 0 Å². The fourth-order valence-corrected chi connectivity index (χ4v) is 6.84. The normalized spacial score (nSPS) is 24.5. The Balaban J connectivity index is 1.54. The highest BCUT2D eigenvalue weighted by molar-refractivity contribution is 5.78. The maximum absolute atomic E-state index is 12.5. The van der Waals surface area contributed by atoms with Crippen LogP contribution in [-0.2, 0) is 24.7 Å². The Morgan fingerprint density at radius 1 is 0.639 bits per heavy atom. The van der Waals surface area contributed by atoms with E-state index in [0.29, 0.717) is 37.9 Å². The van der Waals surface area contributed by atoms with Gasteiger partial charge in [0.15, 0.2) is 0 Å². The van der Waals surface area contributed by atoms with Gasteiger partial charge in [-0.2, -0.15) is 0 Å². The molecular weight excluding hydrogens is 456 g/mol. The average molecular weight is 509 g/mol. The molecule has 0 atom stereocenters. The summed E-state index contributed by atoms with van der Waals surface area (Å²) in [4.78, 5) is 24.8. The standard InChI is InChI=1S/C29H52N2O5/c1-26(2)18-22(19-27(3,4)30(26)34)17-23(32)15-13-11-9-10-12-14-16-25(33)36-24-20-28(5,6)31(35)29(7,8)21-24/h22,24H,9-21H2,1-8H3. The molecule has 0 aromatic heterocycles. The molecule has 2 aliphatic heterocycles. The van der Waals surface area contributed by atoms with Crippen molar-refractivity contribution in [1.82, 2.24) is 10.1 Å². The van der Waals surface area contributed by atoms with Gasteiger partial charge >= 0.3 is 5.97 Å². The van der Waals surface area contributed by atoms with Crippen molar-refractivity contribution < 1.29 is 24.7 Å². The molecule has 0 amide bonds. The molecule has 0 saturated carbocycles. The number of hydrogen-bond acceptors (Lipinski definition) is 5. The molecule has 0 bridgehead atoms. The maximum atomic E-state index is 12.5. The Bertz CT molecular complexity index is 648. The van der Waals surface area contributed by atoms with Crippen LogP contribution in [0.5, 0.6) is 0 Å². The largest absolute Gasteiger partial charge is 0.462 e. The lowest BCUT2D eigenvalue weighted by molar-refractivity contribution is -0.299. The topological polar surface area (TPSA) is 89.7 Å². The van der Waals surface area contributed by atoms with Crippen molar-refractivity contribution in [2.45, 2.75) is 167 Å². The van der Waals surface area contributed by atoms with Crippen molar-refractivity contribution in [2.24, 2.45) is 5.92 Å². The summed E-state index contributed by atoms with van der Waals surface area (Å²) in [5.41, 5.74) is -1.90. The molecule has 2 radical (unpaired) electrons. The van der Waals surface area contributed by atoms with Crippen LogP contribution < -0.4 is 0 Å². The zero-order chi connectivity index (χ0) is 27.4. The molecule has 0 aromatic carbocycles. The first kappa shape index (κ1) is 31.2. The number of ketones is 1. The Morgan fingerprint density at radius 2 is 1.03 bits per heavy atom. The summed E-state index contributed by atoms with van der Waals surface area (Å²) in [5.74, 6) is 0.450. The quantitative estimate of drug-likeness (QED) is 0.219. The number of unbranched alkanes of at least 4 members (excludes halogenated alkanes) is 5. The second-order valence-corrected chi connectivity index (χ2v) is 14.0. The molecule has 0 aliphatic carbocycles. The molecule has 0 aromatic rings. The van der Waals surface area contributed by atoms with Crippen molar-refractivity contribution in [3.8, 4) is 0 Å². The van der Waals surface area contributed by atoms with Crippen molar-refractivity contribution in [3.63, 3.8) is 0 Å². The molecule has 2 heterocycles. The first-order chi connectivity index (χ1) is 16.5. The molecule has 0 unspecified atom stereocenters. The van der Waals surface area contributed by atoms with E-state index in [1.165, 1.54) is 5.06 Å². The number of ether oxygens (including phenoxy) is 1. The molecule has 208 valence electrons. The summed E-state index contributed by atoms with van der Waals surface area (Å²) in [6, 6.07) is 0. The Labute approximate surface area is 219 Å². The number of rotatable bonds is 12. The van der Waals surface area contributed by atoms with Crippen LogP contribution in [0.1, 0.15) is 139 Å². The second kappa shape index (κ2) is 12.2. The van der Waals surface area contributed by atoms with Crippen molar-refractivity contribution in [3.05, 3.63) is 0 Å². The molecule has 7 heteroatoms. The number of nitrogens with zero attached hydrogens (tertiary/aromatic N) is 2. The lowest BCUT2D eigenvalue weighted by atomic mass is 9.73. The number of Topliss-reactive ketones (excluding diaryl/α,β-unsaturated/α-hetero) is 1. The number of hydroxylamine groups is 4. The van der Waals surface area contributed by atoms with E-state index in [1.807, 2.05) is 55.4 Å². The van der Waals surface area contributed by atoms with E-state index in [1.54, 1.807) is 0 Å². The number of carbonyl (C=O) groups excluding carboxylic acids is 2. The molecule has 36 heavy (non-hydrogen) atoms. The molecule has 2 fully saturated rings. The van der Waals surface area contributed by atoms with Gasteiger partial charge in [-0.05, 0) is 87.0 Å². The lowest BCUT2D eigenvalue weighted by Crippen LogP contribution is -2.60. The first-order valence-corrected chi connectivity index (χ1v) is 14.1. The van der Waals surface area contributed by atoms with Crippen molar-refractivity contribution in [1.29, 1.82) is 0 Å². The second-order valence-electron chi connectivity index (χ2n) is 14.0. The maximum Gasteiger partial charge on any atom is 0.306 e. The summed E-state index contributed by atoms with van der Waals surface area (Å²) in [5, 5.41) is 27.3. The van der Waals surface area contributed by atoms with Gasteiger partial charge in [0.05, 0.1) is 0 Å². The summed E-state index contributed by atoms with van der Waals surface area (Å²) in [6.07, 6.45) is 10.0. The van der Waals surface area contributed by atoms with E-state index < -0.39 is 22.2 Å². The van der Waals surface area contributed by atoms with Gasteiger partial charge in [0.1, 0.15) is 11.9 Å². The number of carbonyl (C=O) groups is 2. The summed E-state index contributed by atoms with van der Waals surface area (Å²) < 4.78 is 5.71. The van der Waals surface area contributed by atoms with E-state index in [-0.39, 0.29) is 18.0 Å². The van der Waals surface area contributed by atoms with Crippen LogP contribution in [0.2, 0.25) is 0 Å². The monoisotopic (exact) mass is 508 g/mol. The van der Waals surface area contributed by atoms with Gasteiger partial charge in [0.25, 0.3) is 0 Å². The van der Waals surface area contributed by atoms with Crippen LogP contribution in [0, 0.1) is 5.92 Å². The summed E-state index contributed by atoms with van der Waals surface area (Å²) in [7, 11) is 0. The molecular formula is C29H52N2O5. The lowest BCUT2D eigenvalue weighted by Gasteiger charge is -2.50. The smallest absolute Gasteiger partial charge is 0.306 e. The Kier molecular flexibility index (Phi) is 10.6. The van der Waals surface area contributed by atoms with Crippen LogP contribution in [0.4, 0.5) is 0 Å². The molecule has 0 N–H and O–H groups in total. The van der Waals surface area contributed by atoms with Gasteiger partial charge in [-0.3, -0.25) is 9.59 Å². The third-order valence-electron chi connectivity index (χ3n) is 8.13. The zero-order valence-electron chi connectivity index (χ0n) is 24.3. The minimum Gasteiger partial charge on any atom is -0.462 e. The number of hydrogen-bond donors (Lipinski definition) is 0. The molecule has 0 spiro atoms. The van der Waals surface area contributed by atoms with E-state index in [0.717, 1.165) is 56.4 Å². The van der Waals surface area contributed by atoms with E-state index in [4.69, 9.17) is 4.74 Å². The molecule has 7 nitrogen and oxygen atoms in total. The van der Waals surface area contributed by atoms with Gasteiger partial charge in [-0.25, -0.2) is 0 Å². The van der Waals surface area contributed by atoms with E-state index in [2.05, 4.69) is 0 Å². The third-order valence-corrected chi connectivity index (χ3v) is 8.13. The predicted octanol–water partition coefficient (Wildman–Crippen LogP) is 6.59. The fraction of sp³-hybridized carbons (Fsp3) is 0.931. The molecule has 2 rings (SSSR count). The Morgan fingerprint density at radius 3 is 1.50 bits per heavy atom. The highest BCUT2D eigenvalue weighted by Gasteiger charge is 2.48. The van der Waals surface area contributed by atoms with Crippen LogP contribution in [0.3, 0.4) is 0 Å². The minimum absolute atomic E-state index is 0.161. The van der Waals surface area contributed by atoms with Gasteiger partial charge in [0.2, 0.25) is 0 Å². The summed E-state index contributed by atoms with van der Waals surface area (Å²) in [6.45, 7) is 15.6. The van der Waals surface area contributed by atoms with Crippen molar-refractivity contribution >= 4 is 11.8 Å². The van der Waals surface area contributed by atoms with Crippen LogP contribution in [0.25, 0.3) is 0 Å². The molecule has 2 aliphatic rings. The van der Waals surface area contributed by atoms with Gasteiger partial charge in [-0.15, -0.1) is 20.5 Å². The van der Waals surface area contributed by atoms with E-state index >= 15 is 0 Å². The van der Waals surface area contributed by atoms with Gasteiger partial charge < -0.3 is 4.74 Å². The fourth-order valence-electron chi connectivity index (χ4n) is 6.84. The molecule has 2 saturated heterocycles. The Hall–Kier alpha value is -1.02. The SMILES string of the molecule is CC1(C)CC(CC(=O)CCCCCCCCC(=O)OC2CC(C)(C)N([O])C(C)(C)C2)CC(C)(C)N1[O]. The average Bonchev–Trinajstić information content (AvgIpc) is 2.71. The van der Waals surface area contributed by atoms with Crippen LogP contribution in [-0.4, -0.2) is 50.1 Å². The summed E-state index contributed by atoms with van der Waals surface area (Å²) >= 11 is 0. The van der Waals surface area contributed by atoms with Gasteiger partial charge in [-0.1, -0.05) is 25.7 Å². The zero-order valence-corrected chi connectivity index (χ0v) is 24.3. The third kappa shape index (κ3) is 8.78. The van der Waals surface area contributed by atoms with Gasteiger partial charge in [0, 0.05) is 54.3 Å². The highest BCUT2D eigenvalue weighted by atomic mass is 16.5. The first-order valence-electron chi connectivity index (χ1n) is 14.1. The highest BCUT2D eigenvalue weighted by Crippen LogP contribution is 2.42. The number of esters is 1. The minimum atomic E-state index is -0.532. The van der Waals surface area contributed by atoms with Crippen LogP contribution in [0.15, 0.2) is 0 Å². The number of piperidine rings is 2. The van der Waals surface area contributed by atoms with Crippen molar-refractivity contribution in [2.75, 3.05) is 0 Å².